The molecule has 0 aliphatic heterocycles. The minimum absolute atomic E-state index is 0.227. The van der Waals surface area contributed by atoms with Crippen LogP contribution in [0.1, 0.15) is 25.7 Å². The number of hydrogen-bond donors (Lipinski definition) is 1. The van der Waals surface area contributed by atoms with Crippen LogP contribution in [0.25, 0.3) is 0 Å². The SMILES string of the molecule is OCCCC#CC1=C(Br)CCC=C1. The van der Waals surface area contributed by atoms with Crippen LogP contribution < -0.4 is 0 Å². The van der Waals surface area contributed by atoms with Gasteiger partial charge in [-0.05, 0) is 25.3 Å². The molecule has 0 saturated carbocycles. The van der Waals surface area contributed by atoms with Gasteiger partial charge in [-0.1, -0.05) is 33.8 Å². The molecular formula is C11H13BrO. The number of rotatable bonds is 2. The van der Waals surface area contributed by atoms with Gasteiger partial charge in [0.2, 0.25) is 0 Å². The number of aliphatic hydroxyl groups is 1. The van der Waals surface area contributed by atoms with Crippen molar-refractivity contribution in [1.82, 2.24) is 0 Å². The summed E-state index contributed by atoms with van der Waals surface area (Å²) >= 11 is 3.50. The molecular weight excluding hydrogens is 228 g/mol. The number of aliphatic hydroxyl groups excluding tert-OH is 1. The number of allylic oxidation sites excluding steroid dienone is 4. The van der Waals surface area contributed by atoms with Gasteiger partial charge in [0, 0.05) is 23.1 Å². The predicted octanol–water partition coefficient (Wildman–Crippen LogP) is 2.76. The molecule has 0 atom stereocenters. The smallest absolute Gasteiger partial charge is 0.0440 e. The van der Waals surface area contributed by atoms with Gasteiger partial charge in [0.05, 0.1) is 0 Å². The van der Waals surface area contributed by atoms with Crippen molar-refractivity contribution in [3.63, 3.8) is 0 Å². The van der Waals surface area contributed by atoms with Crippen LogP contribution in [0, 0.1) is 11.8 Å². The normalized spacial score (nSPS) is 15.5. The molecule has 0 fully saturated rings. The number of unbranched alkanes of at least 4 members (excludes halogenated alkanes) is 1. The van der Waals surface area contributed by atoms with Crippen molar-refractivity contribution in [1.29, 1.82) is 0 Å². The third-order valence-corrected chi connectivity index (χ3v) is 2.61. The molecule has 0 heterocycles. The van der Waals surface area contributed by atoms with Crippen molar-refractivity contribution >= 4 is 15.9 Å². The first-order chi connectivity index (χ1) is 6.34. The second-order valence-electron chi connectivity index (χ2n) is 2.89. The fraction of sp³-hybridized carbons (Fsp3) is 0.455. The number of hydrogen-bond acceptors (Lipinski definition) is 1. The van der Waals surface area contributed by atoms with Crippen molar-refractivity contribution in [3.05, 3.63) is 22.2 Å². The van der Waals surface area contributed by atoms with Gasteiger partial charge in [0.15, 0.2) is 0 Å². The lowest BCUT2D eigenvalue weighted by atomic mass is 10.1. The summed E-state index contributed by atoms with van der Waals surface area (Å²) in [6, 6.07) is 0. The molecule has 0 spiro atoms. The second-order valence-corrected chi connectivity index (χ2v) is 3.85. The largest absolute Gasteiger partial charge is 0.396 e. The Kier molecular flexibility index (Phi) is 4.88. The standard InChI is InChI=1S/C11H13BrO/c12-11-8-4-3-7-10(11)6-2-1-5-9-13/h3,7,13H,1,4-5,8-9H2. The molecule has 0 unspecified atom stereocenters. The summed E-state index contributed by atoms with van der Waals surface area (Å²) < 4.78 is 1.20. The minimum atomic E-state index is 0.227. The van der Waals surface area contributed by atoms with E-state index in [4.69, 9.17) is 5.11 Å². The summed E-state index contributed by atoms with van der Waals surface area (Å²) in [6.07, 6.45) is 7.89. The summed E-state index contributed by atoms with van der Waals surface area (Å²) in [5.74, 6) is 6.13. The monoisotopic (exact) mass is 240 g/mol. The molecule has 0 amide bonds. The second kappa shape index (κ2) is 6.01. The maximum Gasteiger partial charge on any atom is 0.0440 e. The maximum atomic E-state index is 8.55. The zero-order chi connectivity index (χ0) is 9.52. The molecule has 0 bridgehead atoms. The van der Waals surface area contributed by atoms with Crippen LogP contribution in [0.2, 0.25) is 0 Å². The Morgan fingerprint density at radius 2 is 2.38 bits per heavy atom. The molecule has 2 heteroatoms. The Balaban J connectivity index is 2.50. The molecule has 0 radical (unpaired) electrons. The van der Waals surface area contributed by atoms with Gasteiger partial charge in [0.25, 0.3) is 0 Å². The summed E-state index contributed by atoms with van der Waals surface area (Å²) in [5.41, 5.74) is 1.09. The van der Waals surface area contributed by atoms with Crippen molar-refractivity contribution in [2.24, 2.45) is 0 Å². The lowest BCUT2D eigenvalue weighted by molar-refractivity contribution is 0.290. The molecule has 0 aromatic carbocycles. The van der Waals surface area contributed by atoms with Crippen LogP contribution in [0.15, 0.2) is 22.2 Å². The molecule has 1 aliphatic carbocycles. The molecule has 1 N–H and O–H groups in total. The fourth-order valence-electron chi connectivity index (χ4n) is 1.07. The topological polar surface area (TPSA) is 20.2 Å². The van der Waals surface area contributed by atoms with E-state index in [-0.39, 0.29) is 6.61 Å². The first-order valence-corrected chi connectivity index (χ1v) is 5.29. The van der Waals surface area contributed by atoms with E-state index in [1.54, 1.807) is 0 Å². The van der Waals surface area contributed by atoms with Gasteiger partial charge in [-0.15, -0.1) is 0 Å². The van der Waals surface area contributed by atoms with E-state index in [9.17, 15) is 0 Å². The quantitative estimate of drug-likeness (QED) is 0.582. The highest BCUT2D eigenvalue weighted by Crippen LogP contribution is 2.23. The fourth-order valence-corrected chi connectivity index (χ4v) is 1.53. The Morgan fingerprint density at radius 3 is 3.08 bits per heavy atom. The Bertz CT molecular complexity index is 278. The highest BCUT2D eigenvalue weighted by atomic mass is 79.9. The predicted molar refractivity (Wildman–Crippen MR) is 58.4 cm³/mol. The first-order valence-electron chi connectivity index (χ1n) is 4.49. The Morgan fingerprint density at radius 1 is 1.54 bits per heavy atom. The van der Waals surface area contributed by atoms with Crippen molar-refractivity contribution in [2.75, 3.05) is 6.61 Å². The van der Waals surface area contributed by atoms with Gasteiger partial charge in [-0.3, -0.25) is 0 Å². The van der Waals surface area contributed by atoms with Gasteiger partial charge in [-0.25, -0.2) is 0 Å². The van der Waals surface area contributed by atoms with Crippen molar-refractivity contribution in [2.45, 2.75) is 25.7 Å². The van der Waals surface area contributed by atoms with Crippen molar-refractivity contribution < 1.29 is 5.11 Å². The van der Waals surface area contributed by atoms with Gasteiger partial charge >= 0.3 is 0 Å². The molecule has 13 heavy (non-hydrogen) atoms. The van der Waals surface area contributed by atoms with E-state index in [2.05, 4.69) is 39.9 Å². The number of halogens is 1. The average molecular weight is 241 g/mol. The van der Waals surface area contributed by atoms with Crippen molar-refractivity contribution in [3.8, 4) is 11.8 Å². The van der Waals surface area contributed by atoms with E-state index >= 15 is 0 Å². The summed E-state index contributed by atoms with van der Waals surface area (Å²) in [4.78, 5) is 0. The molecule has 1 rings (SSSR count). The van der Waals surface area contributed by atoms with Crippen LogP contribution in [-0.4, -0.2) is 11.7 Å². The average Bonchev–Trinajstić information content (AvgIpc) is 2.15. The van der Waals surface area contributed by atoms with E-state index in [1.807, 2.05) is 0 Å². The lowest BCUT2D eigenvalue weighted by Crippen LogP contribution is -1.86. The van der Waals surface area contributed by atoms with Crippen LogP contribution in [0.3, 0.4) is 0 Å². The van der Waals surface area contributed by atoms with E-state index in [1.165, 1.54) is 4.48 Å². The highest BCUT2D eigenvalue weighted by molar-refractivity contribution is 9.11. The van der Waals surface area contributed by atoms with E-state index in [0.29, 0.717) is 0 Å². The molecule has 1 nitrogen and oxygen atoms in total. The third kappa shape index (κ3) is 3.80. The van der Waals surface area contributed by atoms with Gasteiger partial charge < -0.3 is 5.11 Å². The summed E-state index contributed by atoms with van der Waals surface area (Å²) in [5, 5.41) is 8.55. The Hall–Kier alpha value is -0.520. The lowest BCUT2D eigenvalue weighted by Gasteiger charge is -2.04. The third-order valence-electron chi connectivity index (χ3n) is 1.79. The van der Waals surface area contributed by atoms with E-state index < -0.39 is 0 Å². The zero-order valence-electron chi connectivity index (χ0n) is 7.52. The summed E-state index contributed by atoms with van der Waals surface area (Å²) in [6.45, 7) is 0.227. The highest BCUT2D eigenvalue weighted by Gasteiger charge is 2.01. The molecule has 0 aromatic heterocycles. The maximum absolute atomic E-state index is 8.55. The molecule has 0 saturated heterocycles. The van der Waals surface area contributed by atoms with Gasteiger partial charge in [0.1, 0.15) is 0 Å². The van der Waals surface area contributed by atoms with Gasteiger partial charge in [-0.2, -0.15) is 0 Å². The van der Waals surface area contributed by atoms with E-state index in [0.717, 1.165) is 31.3 Å². The van der Waals surface area contributed by atoms with Crippen LogP contribution in [0.5, 0.6) is 0 Å². The van der Waals surface area contributed by atoms with Crippen LogP contribution >= 0.6 is 15.9 Å². The van der Waals surface area contributed by atoms with Crippen LogP contribution in [0.4, 0.5) is 0 Å². The zero-order valence-corrected chi connectivity index (χ0v) is 9.10. The summed E-state index contributed by atoms with van der Waals surface area (Å²) in [7, 11) is 0. The minimum Gasteiger partial charge on any atom is -0.396 e. The van der Waals surface area contributed by atoms with Crippen LogP contribution in [-0.2, 0) is 0 Å². The first kappa shape index (κ1) is 10.6. The molecule has 0 aromatic rings. The molecule has 70 valence electrons. The Labute approximate surface area is 87.7 Å². The molecule has 1 aliphatic rings.